The summed E-state index contributed by atoms with van der Waals surface area (Å²) in [6.45, 7) is 2.34. The van der Waals surface area contributed by atoms with Crippen LogP contribution in [0.25, 0.3) is 0 Å². The second-order valence-corrected chi connectivity index (χ2v) is 5.74. The third-order valence-corrected chi connectivity index (χ3v) is 3.97. The van der Waals surface area contributed by atoms with Gasteiger partial charge in [0.1, 0.15) is 11.1 Å². The first-order valence-electron chi connectivity index (χ1n) is 5.01. The van der Waals surface area contributed by atoms with E-state index in [1.807, 2.05) is 6.92 Å². The van der Waals surface area contributed by atoms with Crippen LogP contribution in [0.3, 0.4) is 0 Å². The van der Waals surface area contributed by atoms with Gasteiger partial charge in [-0.25, -0.2) is 4.68 Å². The number of aryl methyl sites for hydroxylation is 1. The molecule has 0 aliphatic carbocycles. The minimum absolute atomic E-state index is 0.0219. The lowest BCUT2D eigenvalue weighted by atomic mass is 10.0. The number of carbonyl (C=O) groups is 1. The summed E-state index contributed by atoms with van der Waals surface area (Å²) >= 11 is 6.67. The highest BCUT2D eigenvalue weighted by Gasteiger charge is 2.44. The third-order valence-electron chi connectivity index (χ3n) is 2.80. The SMILES string of the molecule is Cc1nn([C@@H]2CC(=O)[C@@H]3OC[C@H]2O3)c(=S)s1. The summed E-state index contributed by atoms with van der Waals surface area (Å²) in [5.74, 6) is -0.0219. The Morgan fingerprint density at radius 3 is 3.12 bits per heavy atom. The van der Waals surface area contributed by atoms with Crippen molar-refractivity contribution in [1.82, 2.24) is 9.78 Å². The molecule has 0 N–H and O–H groups in total. The van der Waals surface area contributed by atoms with Crippen LogP contribution in [0.1, 0.15) is 17.5 Å². The lowest BCUT2D eigenvalue weighted by molar-refractivity contribution is -0.156. The number of aromatic nitrogens is 2. The van der Waals surface area contributed by atoms with Crippen molar-refractivity contribution in [3.8, 4) is 0 Å². The average molecular weight is 258 g/mol. The maximum atomic E-state index is 11.6. The van der Waals surface area contributed by atoms with E-state index in [0.717, 1.165) is 5.01 Å². The fourth-order valence-electron chi connectivity index (χ4n) is 2.06. The average Bonchev–Trinajstić information content (AvgIpc) is 2.78. The van der Waals surface area contributed by atoms with Crippen molar-refractivity contribution in [1.29, 1.82) is 0 Å². The number of ether oxygens (including phenoxy) is 2. The molecule has 1 aromatic rings. The van der Waals surface area contributed by atoms with E-state index in [0.29, 0.717) is 17.0 Å². The highest BCUT2D eigenvalue weighted by atomic mass is 32.1. The first-order valence-corrected chi connectivity index (χ1v) is 6.23. The Bertz CT molecular complexity index is 495. The second-order valence-electron chi connectivity index (χ2n) is 3.91. The van der Waals surface area contributed by atoms with E-state index in [9.17, 15) is 4.79 Å². The predicted octanol–water partition coefficient (Wildman–Crippen LogP) is 1.24. The lowest BCUT2D eigenvalue weighted by Gasteiger charge is -2.26. The zero-order valence-electron chi connectivity index (χ0n) is 8.58. The molecule has 3 rings (SSSR count). The van der Waals surface area contributed by atoms with Gasteiger partial charge in [-0.3, -0.25) is 4.79 Å². The number of rotatable bonds is 1. The van der Waals surface area contributed by atoms with Crippen molar-refractivity contribution in [2.75, 3.05) is 6.61 Å². The van der Waals surface area contributed by atoms with Crippen LogP contribution >= 0.6 is 23.6 Å². The Morgan fingerprint density at radius 2 is 2.44 bits per heavy atom. The smallest absolute Gasteiger partial charge is 0.218 e. The fraction of sp³-hybridized carbons (Fsp3) is 0.667. The molecule has 3 heterocycles. The van der Waals surface area contributed by atoms with Crippen LogP contribution in [-0.2, 0) is 14.3 Å². The number of fused-ring (bicyclic) bond motifs is 2. The minimum atomic E-state index is -0.657. The van der Waals surface area contributed by atoms with Crippen LogP contribution in [-0.4, -0.2) is 34.6 Å². The van der Waals surface area contributed by atoms with Crippen molar-refractivity contribution in [3.63, 3.8) is 0 Å². The Kier molecular flexibility index (Phi) is 2.43. The van der Waals surface area contributed by atoms with Crippen LogP contribution < -0.4 is 0 Å². The van der Waals surface area contributed by atoms with Gasteiger partial charge in [0.2, 0.25) is 6.29 Å². The third kappa shape index (κ3) is 1.55. The van der Waals surface area contributed by atoms with E-state index in [1.54, 1.807) is 4.68 Å². The van der Waals surface area contributed by atoms with Crippen molar-refractivity contribution in [2.24, 2.45) is 0 Å². The van der Waals surface area contributed by atoms with E-state index >= 15 is 0 Å². The molecule has 2 aliphatic rings. The van der Waals surface area contributed by atoms with Gasteiger partial charge in [0.05, 0.1) is 12.6 Å². The second kappa shape index (κ2) is 3.69. The van der Waals surface area contributed by atoms with Gasteiger partial charge in [0.25, 0.3) is 0 Å². The van der Waals surface area contributed by atoms with Crippen molar-refractivity contribution in [3.05, 3.63) is 8.96 Å². The van der Waals surface area contributed by atoms with Crippen LogP contribution in [0.2, 0.25) is 0 Å². The van der Waals surface area contributed by atoms with Crippen LogP contribution in [0.15, 0.2) is 0 Å². The van der Waals surface area contributed by atoms with Crippen molar-refractivity contribution < 1.29 is 14.3 Å². The van der Waals surface area contributed by atoms with Gasteiger partial charge in [-0.05, 0) is 19.1 Å². The lowest BCUT2D eigenvalue weighted by Crippen LogP contribution is -2.37. The normalized spacial score (nSPS) is 33.3. The molecule has 2 saturated heterocycles. The van der Waals surface area contributed by atoms with E-state index in [1.165, 1.54) is 11.3 Å². The summed E-state index contributed by atoms with van der Waals surface area (Å²) in [6.07, 6.45) is -0.363. The van der Waals surface area contributed by atoms with Crippen molar-refractivity contribution >= 4 is 29.3 Å². The molecular formula is C9H10N2O3S2. The Balaban J connectivity index is 1.98. The molecule has 3 atom stereocenters. The fourth-order valence-corrected chi connectivity index (χ4v) is 3.25. The summed E-state index contributed by atoms with van der Waals surface area (Å²) in [5.41, 5.74) is 0. The Hall–Kier alpha value is -0.630. The molecule has 0 aromatic carbocycles. The van der Waals surface area contributed by atoms with Gasteiger partial charge < -0.3 is 9.47 Å². The molecule has 1 aromatic heterocycles. The van der Waals surface area contributed by atoms with Gasteiger partial charge in [-0.15, -0.1) is 0 Å². The standard InChI is InChI=1S/C9H10N2O3S2/c1-4-10-11(9(15)16-4)5-2-6(12)8-13-3-7(5)14-8/h5,7-8H,2-3H2,1H3/t5-,7-,8-/m1/s1. The topological polar surface area (TPSA) is 53.4 Å². The summed E-state index contributed by atoms with van der Waals surface area (Å²) in [5, 5.41) is 5.23. The highest BCUT2D eigenvalue weighted by molar-refractivity contribution is 7.73. The van der Waals surface area contributed by atoms with Gasteiger partial charge in [0.15, 0.2) is 9.74 Å². The zero-order chi connectivity index (χ0) is 11.3. The minimum Gasteiger partial charge on any atom is -0.343 e. The van der Waals surface area contributed by atoms with Gasteiger partial charge in [-0.1, -0.05) is 11.3 Å². The number of carbonyl (C=O) groups excluding carboxylic acids is 1. The van der Waals surface area contributed by atoms with Gasteiger partial charge in [0, 0.05) is 6.42 Å². The maximum Gasteiger partial charge on any atom is 0.218 e. The molecule has 7 heteroatoms. The summed E-state index contributed by atoms with van der Waals surface area (Å²) in [7, 11) is 0. The van der Waals surface area contributed by atoms with Crippen molar-refractivity contribution in [2.45, 2.75) is 31.8 Å². The number of ketones is 1. The van der Waals surface area contributed by atoms with E-state index in [-0.39, 0.29) is 17.9 Å². The largest absolute Gasteiger partial charge is 0.343 e. The molecule has 2 fully saturated rings. The molecule has 0 spiro atoms. The molecule has 0 amide bonds. The van der Waals surface area contributed by atoms with E-state index in [2.05, 4.69) is 5.10 Å². The molecule has 2 aliphatic heterocycles. The molecule has 2 bridgehead atoms. The quantitative estimate of drug-likeness (QED) is 0.709. The number of nitrogens with zero attached hydrogens (tertiary/aromatic N) is 2. The van der Waals surface area contributed by atoms with E-state index in [4.69, 9.17) is 21.7 Å². The van der Waals surface area contributed by atoms with Crippen LogP contribution in [0, 0.1) is 10.9 Å². The molecular weight excluding hydrogens is 248 g/mol. The van der Waals surface area contributed by atoms with Gasteiger partial charge in [-0.2, -0.15) is 5.10 Å². The van der Waals surface area contributed by atoms with E-state index < -0.39 is 6.29 Å². The zero-order valence-corrected chi connectivity index (χ0v) is 10.2. The predicted molar refractivity (Wildman–Crippen MR) is 58.9 cm³/mol. The number of hydrogen-bond donors (Lipinski definition) is 0. The summed E-state index contributed by atoms with van der Waals surface area (Å²) in [4.78, 5) is 11.6. The molecule has 0 unspecified atom stereocenters. The monoisotopic (exact) mass is 258 g/mol. The van der Waals surface area contributed by atoms with Gasteiger partial charge >= 0.3 is 0 Å². The molecule has 86 valence electrons. The molecule has 0 radical (unpaired) electrons. The Labute approximate surface area is 101 Å². The highest BCUT2D eigenvalue weighted by Crippen LogP contribution is 2.33. The summed E-state index contributed by atoms with van der Waals surface area (Å²) in [6, 6.07) is -0.108. The molecule has 0 saturated carbocycles. The molecule has 5 nitrogen and oxygen atoms in total. The van der Waals surface area contributed by atoms with Crippen LogP contribution in [0.5, 0.6) is 0 Å². The number of hydrogen-bond acceptors (Lipinski definition) is 6. The van der Waals surface area contributed by atoms with Crippen LogP contribution in [0.4, 0.5) is 0 Å². The maximum absolute atomic E-state index is 11.6. The number of Topliss-reactive ketones (excluding diaryl/α,β-unsaturated/α-hetero) is 1. The first kappa shape index (κ1) is 10.5. The molecule has 16 heavy (non-hydrogen) atoms. The summed E-state index contributed by atoms with van der Waals surface area (Å²) < 4.78 is 13.1. The first-order chi connectivity index (χ1) is 7.65. The Morgan fingerprint density at radius 1 is 1.62 bits per heavy atom.